The highest BCUT2D eigenvalue weighted by atomic mass is 32.2. The van der Waals surface area contributed by atoms with E-state index in [1.165, 1.54) is 6.20 Å². The van der Waals surface area contributed by atoms with Crippen LogP contribution < -0.4 is 4.74 Å². The summed E-state index contributed by atoms with van der Waals surface area (Å²) in [5, 5.41) is 4.99. The van der Waals surface area contributed by atoms with Crippen molar-refractivity contribution in [2.45, 2.75) is 11.4 Å². The van der Waals surface area contributed by atoms with Crippen molar-refractivity contribution >= 4 is 20.9 Å². The second-order valence-corrected chi connectivity index (χ2v) is 7.02. The molecule has 22 heavy (non-hydrogen) atoms. The molecule has 0 atom stereocenters. The van der Waals surface area contributed by atoms with E-state index in [0.717, 1.165) is 17.6 Å². The van der Waals surface area contributed by atoms with E-state index in [2.05, 4.69) is 10.1 Å². The minimum absolute atomic E-state index is 0.198. The molecule has 3 rings (SSSR count). The van der Waals surface area contributed by atoms with Crippen LogP contribution in [0.4, 0.5) is 0 Å². The predicted octanol–water partition coefficient (Wildman–Crippen LogP) is 1.89. The van der Waals surface area contributed by atoms with Gasteiger partial charge in [-0.2, -0.15) is 5.10 Å². The molecule has 0 aliphatic heterocycles. The smallest absolute Gasteiger partial charge is 0.177 e. The minimum Gasteiger partial charge on any atom is -0.497 e. The van der Waals surface area contributed by atoms with Crippen LogP contribution in [0.1, 0.15) is 5.56 Å². The monoisotopic (exact) mass is 317 g/mol. The van der Waals surface area contributed by atoms with Crippen molar-refractivity contribution in [2.24, 2.45) is 0 Å². The number of ether oxygens (including phenoxy) is 1. The van der Waals surface area contributed by atoms with E-state index in [0.29, 0.717) is 17.6 Å². The van der Waals surface area contributed by atoms with Crippen molar-refractivity contribution in [3.05, 3.63) is 48.3 Å². The Labute approximate surface area is 128 Å². The van der Waals surface area contributed by atoms with E-state index in [9.17, 15) is 8.42 Å². The number of methoxy groups -OCH3 is 1. The Bertz CT molecular complexity index is 915. The number of fused-ring (bicyclic) bond motifs is 1. The van der Waals surface area contributed by atoms with Crippen LogP contribution >= 0.6 is 0 Å². The zero-order valence-electron chi connectivity index (χ0n) is 12.2. The lowest BCUT2D eigenvalue weighted by Crippen LogP contribution is -2.03. The van der Waals surface area contributed by atoms with Crippen LogP contribution in [0.2, 0.25) is 0 Å². The molecule has 0 spiro atoms. The van der Waals surface area contributed by atoms with Gasteiger partial charge in [-0.3, -0.25) is 0 Å². The SMILES string of the molecule is COc1ccc(Cn2ncc3cc(S(C)(=O)=O)cnc32)cc1. The van der Waals surface area contributed by atoms with Crippen LogP contribution in [0.15, 0.2) is 47.6 Å². The third-order valence-corrected chi connectivity index (χ3v) is 4.45. The van der Waals surface area contributed by atoms with E-state index in [4.69, 9.17) is 4.74 Å². The molecule has 0 radical (unpaired) electrons. The van der Waals surface area contributed by atoms with Crippen LogP contribution in [-0.2, 0) is 16.4 Å². The first-order valence-corrected chi connectivity index (χ1v) is 8.51. The van der Waals surface area contributed by atoms with Crippen LogP contribution in [-0.4, -0.2) is 36.5 Å². The molecular formula is C15H15N3O3S. The van der Waals surface area contributed by atoms with Gasteiger partial charge in [0.25, 0.3) is 0 Å². The predicted molar refractivity (Wildman–Crippen MR) is 82.7 cm³/mol. The van der Waals surface area contributed by atoms with Gasteiger partial charge in [0.15, 0.2) is 15.5 Å². The Morgan fingerprint density at radius 2 is 1.91 bits per heavy atom. The molecule has 3 aromatic rings. The Balaban J connectivity index is 1.94. The quantitative estimate of drug-likeness (QED) is 0.734. The van der Waals surface area contributed by atoms with Crippen molar-refractivity contribution in [3.8, 4) is 5.75 Å². The lowest BCUT2D eigenvalue weighted by Gasteiger charge is -2.05. The molecule has 0 unspecified atom stereocenters. The number of aromatic nitrogens is 3. The van der Waals surface area contributed by atoms with E-state index in [1.807, 2.05) is 24.3 Å². The van der Waals surface area contributed by atoms with Gasteiger partial charge < -0.3 is 4.74 Å². The number of sulfone groups is 1. The summed E-state index contributed by atoms with van der Waals surface area (Å²) < 4.78 is 30.0. The summed E-state index contributed by atoms with van der Waals surface area (Å²) >= 11 is 0. The summed E-state index contributed by atoms with van der Waals surface area (Å²) in [5.74, 6) is 0.796. The van der Waals surface area contributed by atoms with E-state index in [-0.39, 0.29) is 4.90 Å². The first-order valence-electron chi connectivity index (χ1n) is 6.62. The maximum atomic E-state index is 11.6. The van der Waals surface area contributed by atoms with Gasteiger partial charge in [0.05, 0.1) is 24.7 Å². The van der Waals surface area contributed by atoms with Gasteiger partial charge in [-0.05, 0) is 23.8 Å². The van der Waals surface area contributed by atoms with Gasteiger partial charge in [0.1, 0.15) is 5.75 Å². The number of rotatable bonds is 4. The lowest BCUT2D eigenvalue weighted by atomic mass is 10.2. The highest BCUT2D eigenvalue weighted by molar-refractivity contribution is 7.90. The van der Waals surface area contributed by atoms with Crippen LogP contribution in [0, 0.1) is 0 Å². The highest BCUT2D eigenvalue weighted by Gasteiger charge is 2.11. The number of nitrogens with zero attached hydrogens (tertiary/aromatic N) is 3. The maximum absolute atomic E-state index is 11.6. The molecule has 2 heterocycles. The summed E-state index contributed by atoms with van der Waals surface area (Å²) in [6.07, 6.45) is 4.15. The Hall–Kier alpha value is -2.41. The molecule has 0 saturated heterocycles. The molecule has 1 aromatic carbocycles. The molecule has 7 heteroatoms. The second-order valence-electron chi connectivity index (χ2n) is 5.01. The van der Waals surface area contributed by atoms with Crippen molar-refractivity contribution in [1.29, 1.82) is 0 Å². The minimum atomic E-state index is -3.27. The fraction of sp³-hybridized carbons (Fsp3) is 0.200. The van der Waals surface area contributed by atoms with E-state index < -0.39 is 9.84 Å². The summed E-state index contributed by atoms with van der Waals surface area (Å²) in [5.41, 5.74) is 1.71. The van der Waals surface area contributed by atoms with Crippen molar-refractivity contribution in [2.75, 3.05) is 13.4 Å². The fourth-order valence-corrected chi connectivity index (χ4v) is 2.76. The summed E-state index contributed by atoms with van der Waals surface area (Å²) in [4.78, 5) is 4.43. The first kappa shape index (κ1) is 14.5. The Kier molecular flexibility index (Phi) is 3.58. The zero-order chi connectivity index (χ0) is 15.7. The number of benzene rings is 1. The third kappa shape index (κ3) is 2.80. The number of pyridine rings is 1. The van der Waals surface area contributed by atoms with Gasteiger partial charge in [0, 0.05) is 17.8 Å². The zero-order valence-corrected chi connectivity index (χ0v) is 13.0. The summed E-state index contributed by atoms with van der Waals surface area (Å²) in [7, 11) is -1.64. The van der Waals surface area contributed by atoms with Crippen molar-refractivity contribution in [3.63, 3.8) is 0 Å². The van der Waals surface area contributed by atoms with Crippen LogP contribution in [0.5, 0.6) is 5.75 Å². The molecule has 0 aliphatic carbocycles. The molecule has 0 fully saturated rings. The van der Waals surface area contributed by atoms with Gasteiger partial charge >= 0.3 is 0 Å². The van der Waals surface area contributed by atoms with E-state index >= 15 is 0 Å². The normalized spacial score (nSPS) is 11.7. The highest BCUT2D eigenvalue weighted by Crippen LogP contribution is 2.18. The molecule has 0 aliphatic rings. The largest absolute Gasteiger partial charge is 0.497 e. The molecule has 0 N–H and O–H groups in total. The van der Waals surface area contributed by atoms with Gasteiger partial charge in [-0.15, -0.1) is 0 Å². The van der Waals surface area contributed by atoms with Crippen LogP contribution in [0.3, 0.4) is 0 Å². The van der Waals surface area contributed by atoms with Gasteiger partial charge in [0.2, 0.25) is 0 Å². The topological polar surface area (TPSA) is 74.1 Å². The van der Waals surface area contributed by atoms with Crippen molar-refractivity contribution in [1.82, 2.24) is 14.8 Å². The molecule has 6 nitrogen and oxygen atoms in total. The lowest BCUT2D eigenvalue weighted by molar-refractivity contribution is 0.414. The Morgan fingerprint density at radius 1 is 1.18 bits per heavy atom. The average Bonchev–Trinajstić information content (AvgIpc) is 2.89. The molecule has 114 valence electrons. The molecule has 2 aromatic heterocycles. The molecule has 0 saturated carbocycles. The van der Waals surface area contributed by atoms with Gasteiger partial charge in [-0.1, -0.05) is 12.1 Å². The first-order chi connectivity index (χ1) is 10.5. The maximum Gasteiger partial charge on any atom is 0.177 e. The average molecular weight is 317 g/mol. The molecular weight excluding hydrogens is 302 g/mol. The standard InChI is InChI=1S/C15H15N3O3S/c1-21-13-5-3-11(4-6-13)10-18-15-12(8-17-18)7-14(9-16-15)22(2,19)20/h3-9H,10H2,1-2H3. The fourth-order valence-electron chi connectivity index (χ4n) is 2.17. The van der Waals surface area contributed by atoms with Crippen molar-refractivity contribution < 1.29 is 13.2 Å². The Morgan fingerprint density at radius 3 is 2.55 bits per heavy atom. The summed E-state index contributed by atoms with van der Waals surface area (Å²) in [6, 6.07) is 9.27. The third-order valence-electron chi connectivity index (χ3n) is 3.37. The van der Waals surface area contributed by atoms with Gasteiger partial charge in [-0.25, -0.2) is 18.1 Å². The second kappa shape index (κ2) is 5.42. The molecule has 0 amide bonds. The van der Waals surface area contributed by atoms with Crippen LogP contribution in [0.25, 0.3) is 11.0 Å². The number of hydrogen-bond donors (Lipinski definition) is 0. The van der Waals surface area contributed by atoms with E-state index in [1.54, 1.807) is 24.1 Å². The summed E-state index contributed by atoms with van der Waals surface area (Å²) in [6.45, 7) is 0.554. The molecule has 0 bridgehead atoms. The number of hydrogen-bond acceptors (Lipinski definition) is 5.